The summed E-state index contributed by atoms with van der Waals surface area (Å²) in [7, 11) is 0. The summed E-state index contributed by atoms with van der Waals surface area (Å²) < 4.78 is 0. The molecule has 15 heavy (non-hydrogen) atoms. The largest absolute Gasteiger partial charge is 1.00 e. The van der Waals surface area contributed by atoms with Crippen molar-refractivity contribution in [3.05, 3.63) is 6.42 Å². The van der Waals surface area contributed by atoms with Crippen LogP contribution in [0.5, 0.6) is 0 Å². The molecule has 0 aromatic rings. The molecule has 1 aliphatic carbocycles. The molecule has 0 radical (unpaired) electrons. The van der Waals surface area contributed by atoms with Crippen LogP contribution in [0.15, 0.2) is 0 Å². The summed E-state index contributed by atoms with van der Waals surface area (Å²) in [4.78, 5) is 8.56. The van der Waals surface area contributed by atoms with Crippen molar-refractivity contribution in [2.75, 3.05) is 0 Å². The Kier molecular flexibility index (Phi) is 9.92. The monoisotopic (exact) mass is 224 g/mol. The average Bonchev–Trinajstić information content (AvgIpc) is 2.03. The molecule has 1 rings (SSSR count). The van der Waals surface area contributed by atoms with Crippen LogP contribution in [-0.2, 0) is 0 Å². The second-order valence-electron chi connectivity index (χ2n) is 4.79. The van der Waals surface area contributed by atoms with Gasteiger partial charge >= 0.3 is 35.7 Å². The number of hydrogen-bond donors (Lipinski definition) is 2. The van der Waals surface area contributed by atoms with Gasteiger partial charge in [-0.2, -0.15) is 12.8 Å². The van der Waals surface area contributed by atoms with Crippen molar-refractivity contribution in [1.29, 1.82) is 0 Å². The van der Waals surface area contributed by atoms with E-state index in [1.54, 1.807) is 0 Å². The number of rotatable bonds is 0. The Balaban J connectivity index is 0. The Hall–Kier alpha value is 0.270. The fraction of sp³-hybridized carbons (Fsp3) is 0.818. The standard InChI is InChI=1S/C10H19.CH2O3.Na/c1-10(2,3)9-7-5-4-6-8-9;2-1(3)4;/h4,9H,5-8H2,1-3H3;(H2,2,3,4);/q-1;;+1. The minimum atomic E-state index is -1.83. The van der Waals surface area contributed by atoms with E-state index in [1.807, 2.05) is 0 Å². The van der Waals surface area contributed by atoms with Crippen LogP contribution in [0.2, 0.25) is 0 Å². The van der Waals surface area contributed by atoms with Crippen molar-refractivity contribution in [2.24, 2.45) is 11.3 Å². The van der Waals surface area contributed by atoms with Gasteiger partial charge in [0.05, 0.1) is 0 Å². The van der Waals surface area contributed by atoms with Gasteiger partial charge < -0.3 is 16.6 Å². The van der Waals surface area contributed by atoms with E-state index < -0.39 is 6.16 Å². The zero-order valence-electron chi connectivity index (χ0n) is 10.3. The van der Waals surface area contributed by atoms with Crippen molar-refractivity contribution in [2.45, 2.75) is 46.5 Å². The summed E-state index contributed by atoms with van der Waals surface area (Å²) >= 11 is 0. The predicted molar refractivity (Wildman–Crippen MR) is 56.4 cm³/mol. The third kappa shape index (κ3) is 10.6. The molecule has 0 atom stereocenters. The average molecular weight is 224 g/mol. The van der Waals surface area contributed by atoms with Gasteiger partial charge in [-0.05, 0) is 11.3 Å². The molecule has 84 valence electrons. The zero-order valence-corrected chi connectivity index (χ0v) is 12.3. The molecule has 0 saturated heterocycles. The Morgan fingerprint density at radius 3 is 1.73 bits per heavy atom. The Labute approximate surface area is 115 Å². The molecular weight excluding hydrogens is 203 g/mol. The normalized spacial score (nSPS) is 17.0. The third-order valence-corrected chi connectivity index (χ3v) is 2.66. The number of carboxylic acid groups (broad SMARTS) is 2. The van der Waals surface area contributed by atoms with Gasteiger partial charge in [0.1, 0.15) is 0 Å². The fourth-order valence-corrected chi connectivity index (χ4v) is 1.79. The topological polar surface area (TPSA) is 57.5 Å². The molecule has 1 aliphatic rings. The van der Waals surface area contributed by atoms with Crippen LogP contribution in [0, 0.1) is 17.8 Å². The van der Waals surface area contributed by atoms with Gasteiger partial charge in [-0.15, -0.1) is 0 Å². The minimum Gasteiger partial charge on any atom is -0.450 e. The first kappa shape index (κ1) is 17.7. The van der Waals surface area contributed by atoms with Gasteiger partial charge in [-0.1, -0.05) is 33.6 Å². The molecule has 0 unspecified atom stereocenters. The van der Waals surface area contributed by atoms with Gasteiger partial charge in [-0.25, -0.2) is 4.79 Å². The summed E-state index contributed by atoms with van der Waals surface area (Å²) in [6, 6.07) is 0. The molecule has 1 fully saturated rings. The molecule has 0 bridgehead atoms. The maximum atomic E-state index is 8.56. The van der Waals surface area contributed by atoms with Crippen molar-refractivity contribution in [1.82, 2.24) is 0 Å². The summed E-state index contributed by atoms with van der Waals surface area (Å²) in [6.45, 7) is 7.09. The van der Waals surface area contributed by atoms with Crippen molar-refractivity contribution < 1.29 is 44.6 Å². The van der Waals surface area contributed by atoms with E-state index in [2.05, 4.69) is 27.2 Å². The molecule has 0 heterocycles. The number of hydrogen-bond acceptors (Lipinski definition) is 1. The maximum Gasteiger partial charge on any atom is 1.00 e. The van der Waals surface area contributed by atoms with Crippen LogP contribution in [0.4, 0.5) is 4.79 Å². The first-order valence-electron chi connectivity index (χ1n) is 5.07. The van der Waals surface area contributed by atoms with Gasteiger partial charge in [0.15, 0.2) is 0 Å². The van der Waals surface area contributed by atoms with Crippen molar-refractivity contribution in [3.8, 4) is 0 Å². The van der Waals surface area contributed by atoms with E-state index in [0.717, 1.165) is 5.92 Å². The Bertz CT molecular complexity index is 165. The number of carbonyl (C=O) groups is 1. The van der Waals surface area contributed by atoms with E-state index in [4.69, 9.17) is 15.0 Å². The van der Waals surface area contributed by atoms with Crippen LogP contribution in [0.25, 0.3) is 0 Å². The quantitative estimate of drug-likeness (QED) is 0.469. The molecule has 0 aromatic heterocycles. The Morgan fingerprint density at radius 1 is 1.20 bits per heavy atom. The van der Waals surface area contributed by atoms with E-state index in [-0.39, 0.29) is 29.6 Å². The summed E-state index contributed by atoms with van der Waals surface area (Å²) in [6.07, 6.45) is 6.14. The molecule has 0 aromatic carbocycles. The summed E-state index contributed by atoms with van der Waals surface area (Å²) in [5.74, 6) is 0.970. The van der Waals surface area contributed by atoms with Crippen LogP contribution >= 0.6 is 0 Å². The molecule has 3 nitrogen and oxygen atoms in total. The smallest absolute Gasteiger partial charge is 0.450 e. The molecule has 2 N–H and O–H groups in total. The van der Waals surface area contributed by atoms with Gasteiger partial charge in [0.25, 0.3) is 0 Å². The SMILES string of the molecule is CC(C)(C)C1CC[CH-]CC1.O=C(O)O.[Na+]. The predicted octanol–water partition coefficient (Wildman–Crippen LogP) is 0.653. The first-order valence-corrected chi connectivity index (χ1v) is 5.07. The van der Waals surface area contributed by atoms with E-state index >= 15 is 0 Å². The molecule has 0 spiro atoms. The second-order valence-corrected chi connectivity index (χ2v) is 4.79. The van der Waals surface area contributed by atoms with E-state index in [1.165, 1.54) is 25.7 Å². The van der Waals surface area contributed by atoms with Crippen molar-refractivity contribution >= 4 is 6.16 Å². The second kappa shape index (κ2) is 8.43. The van der Waals surface area contributed by atoms with Gasteiger partial charge in [-0.3, -0.25) is 0 Å². The van der Waals surface area contributed by atoms with Crippen LogP contribution in [-0.4, -0.2) is 16.4 Å². The molecule has 0 aliphatic heterocycles. The third-order valence-electron chi connectivity index (χ3n) is 2.66. The minimum absolute atomic E-state index is 0. The van der Waals surface area contributed by atoms with E-state index in [9.17, 15) is 0 Å². The summed E-state index contributed by atoms with van der Waals surface area (Å²) in [5.41, 5.74) is 0.550. The van der Waals surface area contributed by atoms with Crippen molar-refractivity contribution in [3.63, 3.8) is 0 Å². The molecular formula is C11H21NaO3. The Morgan fingerprint density at radius 2 is 1.53 bits per heavy atom. The van der Waals surface area contributed by atoms with Gasteiger partial charge in [0.2, 0.25) is 0 Å². The zero-order chi connectivity index (χ0) is 11.2. The first-order chi connectivity index (χ1) is 6.34. The van der Waals surface area contributed by atoms with Gasteiger partial charge in [0, 0.05) is 0 Å². The molecule has 0 amide bonds. The fourth-order valence-electron chi connectivity index (χ4n) is 1.79. The maximum absolute atomic E-state index is 8.56. The van der Waals surface area contributed by atoms with Crippen LogP contribution in [0.3, 0.4) is 0 Å². The van der Waals surface area contributed by atoms with E-state index in [0.29, 0.717) is 5.41 Å². The summed E-state index contributed by atoms with van der Waals surface area (Å²) in [5, 5.41) is 13.9. The molecule has 1 saturated carbocycles. The van der Waals surface area contributed by atoms with Crippen LogP contribution < -0.4 is 29.6 Å². The molecule has 4 heteroatoms. The van der Waals surface area contributed by atoms with Crippen LogP contribution in [0.1, 0.15) is 46.5 Å².